The van der Waals surface area contributed by atoms with Gasteiger partial charge >= 0.3 is 0 Å². The van der Waals surface area contributed by atoms with E-state index in [1.165, 1.54) is 12.1 Å². The molecule has 0 saturated carbocycles. The SMILES string of the molecule is COc1ccc2c(C)c(C(=O)N3CCOC(c4ccc(F)cc4)C3)oc2c1. The molecule has 27 heavy (non-hydrogen) atoms. The monoisotopic (exact) mass is 369 g/mol. The maximum atomic E-state index is 13.2. The lowest BCUT2D eigenvalue weighted by atomic mass is 10.1. The summed E-state index contributed by atoms with van der Waals surface area (Å²) in [7, 11) is 1.59. The first-order chi connectivity index (χ1) is 13.1. The van der Waals surface area contributed by atoms with Crippen LogP contribution < -0.4 is 4.74 Å². The number of carbonyl (C=O) groups excluding carboxylic acids is 1. The molecule has 2 aromatic carbocycles. The number of hydrogen-bond donors (Lipinski definition) is 0. The Bertz CT molecular complexity index is 980. The predicted molar refractivity (Wildman–Crippen MR) is 98.5 cm³/mol. The van der Waals surface area contributed by atoms with Crippen molar-refractivity contribution < 1.29 is 23.1 Å². The standard InChI is InChI=1S/C21H20FNO4/c1-13-17-8-7-16(25-2)11-18(17)27-20(13)21(24)23-9-10-26-19(12-23)14-3-5-15(22)6-4-14/h3-8,11,19H,9-10,12H2,1-2H3. The van der Waals surface area contributed by atoms with Gasteiger partial charge in [0.15, 0.2) is 5.76 Å². The van der Waals surface area contributed by atoms with E-state index >= 15 is 0 Å². The number of hydrogen-bond acceptors (Lipinski definition) is 4. The van der Waals surface area contributed by atoms with E-state index in [-0.39, 0.29) is 17.8 Å². The summed E-state index contributed by atoms with van der Waals surface area (Å²) in [5.74, 6) is 0.546. The number of amides is 1. The van der Waals surface area contributed by atoms with Gasteiger partial charge in [0.2, 0.25) is 0 Å². The first kappa shape index (κ1) is 17.5. The third-order valence-electron chi connectivity index (χ3n) is 4.94. The lowest BCUT2D eigenvalue weighted by molar-refractivity contribution is -0.0237. The number of ether oxygens (including phenoxy) is 2. The van der Waals surface area contributed by atoms with Crippen LogP contribution in [0.1, 0.15) is 27.8 Å². The van der Waals surface area contributed by atoms with Crippen molar-refractivity contribution in [3.8, 4) is 5.75 Å². The van der Waals surface area contributed by atoms with Gasteiger partial charge in [-0.05, 0) is 36.8 Å². The number of furan rings is 1. The van der Waals surface area contributed by atoms with E-state index in [1.807, 2.05) is 19.1 Å². The topological polar surface area (TPSA) is 51.9 Å². The van der Waals surface area contributed by atoms with Gasteiger partial charge in [0.1, 0.15) is 23.3 Å². The molecule has 1 unspecified atom stereocenters. The molecule has 0 bridgehead atoms. The number of carbonyl (C=O) groups is 1. The van der Waals surface area contributed by atoms with Crippen LogP contribution in [-0.2, 0) is 4.74 Å². The van der Waals surface area contributed by atoms with E-state index in [0.29, 0.717) is 36.8 Å². The third-order valence-corrected chi connectivity index (χ3v) is 4.94. The minimum atomic E-state index is -0.296. The van der Waals surface area contributed by atoms with E-state index in [4.69, 9.17) is 13.9 Å². The number of aryl methyl sites for hydroxylation is 1. The molecule has 1 aliphatic heterocycles. The van der Waals surface area contributed by atoms with Gasteiger partial charge in [0.05, 0.1) is 20.3 Å². The first-order valence-corrected chi connectivity index (χ1v) is 8.80. The number of nitrogens with zero attached hydrogens (tertiary/aromatic N) is 1. The van der Waals surface area contributed by atoms with Gasteiger partial charge in [0, 0.05) is 23.6 Å². The van der Waals surface area contributed by atoms with Crippen molar-refractivity contribution in [1.82, 2.24) is 4.90 Å². The Hall–Kier alpha value is -2.86. The minimum Gasteiger partial charge on any atom is -0.497 e. The molecule has 0 aliphatic carbocycles. The molecule has 0 spiro atoms. The molecule has 6 heteroatoms. The van der Waals surface area contributed by atoms with Crippen LogP contribution in [0.25, 0.3) is 11.0 Å². The number of rotatable bonds is 3. The van der Waals surface area contributed by atoms with E-state index in [9.17, 15) is 9.18 Å². The molecule has 1 saturated heterocycles. The molecule has 140 valence electrons. The summed E-state index contributed by atoms with van der Waals surface area (Å²) in [4.78, 5) is 14.8. The van der Waals surface area contributed by atoms with Crippen molar-refractivity contribution in [1.29, 1.82) is 0 Å². The van der Waals surface area contributed by atoms with Gasteiger partial charge in [-0.15, -0.1) is 0 Å². The predicted octanol–water partition coefficient (Wildman–Crippen LogP) is 4.10. The van der Waals surface area contributed by atoms with Crippen LogP contribution in [0.2, 0.25) is 0 Å². The molecule has 0 radical (unpaired) electrons. The van der Waals surface area contributed by atoms with Gasteiger partial charge in [-0.1, -0.05) is 12.1 Å². The van der Waals surface area contributed by atoms with Crippen LogP contribution in [0.15, 0.2) is 46.9 Å². The van der Waals surface area contributed by atoms with Gasteiger partial charge in [-0.3, -0.25) is 4.79 Å². The number of benzene rings is 2. The molecular weight excluding hydrogens is 349 g/mol. The zero-order valence-electron chi connectivity index (χ0n) is 15.2. The highest BCUT2D eigenvalue weighted by Crippen LogP contribution is 2.30. The third kappa shape index (κ3) is 3.28. The Morgan fingerprint density at radius 2 is 2.00 bits per heavy atom. The van der Waals surface area contributed by atoms with E-state index in [2.05, 4.69) is 0 Å². The van der Waals surface area contributed by atoms with Crippen molar-refractivity contribution in [2.75, 3.05) is 26.8 Å². The second-order valence-electron chi connectivity index (χ2n) is 6.58. The largest absolute Gasteiger partial charge is 0.497 e. The maximum absolute atomic E-state index is 13.2. The molecule has 3 aromatic rings. The second kappa shape index (κ2) is 7.04. The van der Waals surface area contributed by atoms with E-state index in [0.717, 1.165) is 16.5 Å². The fourth-order valence-electron chi connectivity index (χ4n) is 3.39. The number of morpholine rings is 1. The summed E-state index contributed by atoms with van der Waals surface area (Å²) in [6, 6.07) is 11.7. The Morgan fingerprint density at radius 3 is 2.74 bits per heavy atom. The minimum absolute atomic E-state index is 0.168. The molecule has 1 atom stereocenters. The van der Waals surface area contributed by atoms with Crippen molar-refractivity contribution in [2.45, 2.75) is 13.0 Å². The first-order valence-electron chi connectivity index (χ1n) is 8.80. The molecule has 4 rings (SSSR count). The summed E-state index contributed by atoms with van der Waals surface area (Å²) < 4.78 is 30.0. The molecule has 1 fully saturated rings. The van der Waals surface area contributed by atoms with Crippen LogP contribution in [0.5, 0.6) is 5.75 Å². The summed E-state index contributed by atoms with van der Waals surface area (Å²) >= 11 is 0. The molecule has 5 nitrogen and oxygen atoms in total. The Balaban J connectivity index is 1.59. The highest BCUT2D eigenvalue weighted by atomic mass is 19.1. The Labute approximate surface area is 156 Å². The van der Waals surface area contributed by atoms with Crippen molar-refractivity contribution in [2.24, 2.45) is 0 Å². The molecule has 1 amide bonds. The summed E-state index contributed by atoms with van der Waals surface area (Å²) in [5.41, 5.74) is 2.28. The molecule has 2 heterocycles. The molecule has 1 aromatic heterocycles. The zero-order chi connectivity index (χ0) is 19.0. The van der Waals surface area contributed by atoms with Crippen LogP contribution in [0, 0.1) is 12.7 Å². The van der Waals surface area contributed by atoms with Gasteiger partial charge in [-0.25, -0.2) is 4.39 Å². The fraction of sp³-hybridized carbons (Fsp3) is 0.286. The summed E-state index contributed by atoms with van der Waals surface area (Å²) in [6.45, 7) is 3.17. The summed E-state index contributed by atoms with van der Waals surface area (Å²) in [6.07, 6.45) is -0.284. The van der Waals surface area contributed by atoms with Crippen LogP contribution in [0.3, 0.4) is 0 Å². The normalized spacial score (nSPS) is 17.3. The Kier molecular flexibility index (Phi) is 4.58. The molecule has 0 N–H and O–H groups in total. The number of fused-ring (bicyclic) bond motifs is 1. The van der Waals surface area contributed by atoms with Crippen LogP contribution in [0.4, 0.5) is 4.39 Å². The van der Waals surface area contributed by atoms with Gasteiger partial charge in [0.25, 0.3) is 5.91 Å². The average molecular weight is 369 g/mol. The second-order valence-corrected chi connectivity index (χ2v) is 6.58. The highest BCUT2D eigenvalue weighted by molar-refractivity contribution is 5.99. The van der Waals surface area contributed by atoms with Crippen molar-refractivity contribution >= 4 is 16.9 Å². The van der Waals surface area contributed by atoms with E-state index in [1.54, 1.807) is 30.2 Å². The highest BCUT2D eigenvalue weighted by Gasteiger charge is 2.29. The number of halogens is 1. The van der Waals surface area contributed by atoms with Crippen molar-refractivity contribution in [3.63, 3.8) is 0 Å². The van der Waals surface area contributed by atoms with Gasteiger partial charge in [-0.2, -0.15) is 0 Å². The number of methoxy groups -OCH3 is 1. The lowest BCUT2D eigenvalue weighted by Gasteiger charge is -2.32. The maximum Gasteiger partial charge on any atom is 0.290 e. The van der Waals surface area contributed by atoms with Crippen LogP contribution in [-0.4, -0.2) is 37.6 Å². The molecular formula is C21H20FNO4. The van der Waals surface area contributed by atoms with Crippen molar-refractivity contribution in [3.05, 3.63) is 65.2 Å². The lowest BCUT2D eigenvalue weighted by Crippen LogP contribution is -2.42. The quantitative estimate of drug-likeness (QED) is 0.697. The fourth-order valence-corrected chi connectivity index (χ4v) is 3.39. The van der Waals surface area contributed by atoms with Gasteiger partial charge < -0.3 is 18.8 Å². The summed E-state index contributed by atoms with van der Waals surface area (Å²) in [5, 5.41) is 0.891. The molecule has 1 aliphatic rings. The van der Waals surface area contributed by atoms with Crippen LogP contribution >= 0.6 is 0 Å². The average Bonchev–Trinajstić information content (AvgIpc) is 3.04. The zero-order valence-corrected chi connectivity index (χ0v) is 15.2. The van der Waals surface area contributed by atoms with E-state index < -0.39 is 0 Å². The Morgan fingerprint density at radius 1 is 1.22 bits per heavy atom. The smallest absolute Gasteiger partial charge is 0.290 e.